The first-order chi connectivity index (χ1) is 13.4. The summed E-state index contributed by atoms with van der Waals surface area (Å²) in [4.78, 5) is 38.0. The number of aryl methyl sites for hydroxylation is 1. The first kappa shape index (κ1) is 21.2. The lowest BCUT2D eigenvalue weighted by Gasteiger charge is -2.23. The lowest BCUT2D eigenvalue weighted by Crippen LogP contribution is -2.34. The number of anilines is 1. The second-order valence-electron chi connectivity index (χ2n) is 6.36. The lowest BCUT2D eigenvalue weighted by molar-refractivity contribution is -0.121. The van der Waals surface area contributed by atoms with Gasteiger partial charge in [0.2, 0.25) is 11.8 Å². The van der Waals surface area contributed by atoms with Crippen molar-refractivity contribution in [1.82, 2.24) is 5.32 Å². The summed E-state index contributed by atoms with van der Waals surface area (Å²) in [5.74, 6) is -0.903. The van der Waals surface area contributed by atoms with Gasteiger partial charge in [0.15, 0.2) is 0 Å². The molecule has 2 rings (SSSR count). The Kier molecular flexibility index (Phi) is 7.75. The molecule has 28 heavy (non-hydrogen) atoms. The summed E-state index contributed by atoms with van der Waals surface area (Å²) in [6.45, 7) is 5.98. The Morgan fingerprint density at radius 1 is 1.04 bits per heavy atom. The Morgan fingerprint density at radius 2 is 1.71 bits per heavy atom. The number of nitrogens with one attached hydrogen (secondary N) is 1. The van der Waals surface area contributed by atoms with Crippen LogP contribution in [0.1, 0.15) is 41.8 Å². The molecule has 2 aromatic rings. The molecule has 148 valence electrons. The Bertz CT molecular complexity index is 848. The van der Waals surface area contributed by atoms with Gasteiger partial charge in [-0.25, -0.2) is 4.79 Å². The largest absolute Gasteiger partial charge is 0.462 e. The zero-order valence-electron chi connectivity index (χ0n) is 16.5. The van der Waals surface area contributed by atoms with Crippen LogP contribution in [0.25, 0.3) is 0 Å². The van der Waals surface area contributed by atoms with E-state index in [1.165, 1.54) is 11.8 Å². The van der Waals surface area contributed by atoms with Gasteiger partial charge >= 0.3 is 5.97 Å². The summed E-state index contributed by atoms with van der Waals surface area (Å²) in [6, 6.07) is 14.6. The van der Waals surface area contributed by atoms with Crippen LogP contribution in [0, 0.1) is 6.92 Å². The van der Waals surface area contributed by atoms with Crippen molar-refractivity contribution in [1.29, 1.82) is 0 Å². The smallest absolute Gasteiger partial charge is 0.340 e. The zero-order chi connectivity index (χ0) is 20.5. The monoisotopic (exact) mass is 382 g/mol. The van der Waals surface area contributed by atoms with Gasteiger partial charge in [0.25, 0.3) is 0 Å². The molecule has 0 heterocycles. The van der Waals surface area contributed by atoms with Crippen LogP contribution in [0.5, 0.6) is 0 Å². The molecule has 2 amide bonds. The van der Waals surface area contributed by atoms with E-state index in [1.54, 1.807) is 31.2 Å². The average molecular weight is 382 g/mol. The summed E-state index contributed by atoms with van der Waals surface area (Å²) in [5, 5.41) is 2.87. The molecule has 6 nitrogen and oxygen atoms in total. The van der Waals surface area contributed by atoms with E-state index in [0.717, 1.165) is 11.1 Å². The minimum atomic E-state index is -0.492. The highest BCUT2D eigenvalue weighted by molar-refractivity contribution is 6.02. The quantitative estimate of drug-likeness (QED) is 0.711. The van der Waals surface area contributed by atoms with Crippen LogP contribution in [0.3, 0.4) is 0 Å². The predicted molar refractivity (Wildman–Crippen MR) is 108 cm³/mol. The highest BCUT2D eigenvalue weighted by Crippen LogP contribution is 2.22. The molecule has 0 spiro atoms. The third-order valence-corrected chi connectivity index (χ3v) is 4.37. The van der Waals surface area contributed by atoms with Crippen molar-refractivity contribution < 1.29 is 19.1 Å². The molecular weight excluding hydrogens is 356 g/mol. The molecule has 0 fully saturated rings. The van der Waals surface area contributed by atoms with Crippen molar-refractivity contribution >= 4 is 23.5 Å². The van der Waals surface area contributed by atoms with E-state index in [0.29, 0.717) is 17.8 Å². The molecule has 0 saturated carbocycles. The van der Waals surface area contributed by atoms with E-state index in [2.05, 4.69) is 5.32 Å². The molecule has 0 aromatic heterocycles. The number of nitrogens with zero attached hydrogens (tertiary/aromatic N) is 1. The summed E-state index contributed by atoms with van der Waals surface area (Å²) in [6.07, 6.45) is 0.128. The Balaban J connectivity index is 2.04. The molecule has 0 saturated heterocycles. The molecule has 0 radical (unpaired) electrons. The van der Waals surface area contributed by atoms with E-state index < -0.39 is 5.97 Å². The normalized spacial score (nSPS) is 10.2. The number of ether oxygens (including phenoxy) is 1. The average Bonchev–Trinajstić information content (AvgIpc) is 2.68. The first-order valence-corrected chi connectivity index (χ1v) is 9.29. The van der Waals surface area contributed by atoms with Crippen molar-refractivity contribution in [2.45, 2.75) is 33.7 Å². The van der Waals surface area contributed by atoms with Gasteiger partial charge in [0.1, 0.15) is 0 Å². The number of para-hydroxylation sites is 1. The molecule has 6 heteroatoms. The van der Waals surface area contributed by atoms with Crippen LogP contribution in [-0.4, -0.2) is 30.9 Å². The molecule has 1 N–H and O–H groups in total. The molecule has 2 aromatic carbocycles. The van der Waals surface area contributed by atoms with Crippen molar-refractivity contribution in [3.63, 3.8) is 0 Å². The maximum atomic E-state index is 12.3. The molecule has 0 unspecified atom stereocenters. The van der Waals surface area contributed by atoms with Crippen molar-refractivity contribution in [2.24, 2.45) is 0 Å². The van der Waals surface area contributed by atoms with Crippen LogP contribution < -0.4 is 10.2 Å². The van der Waals surface area contributed by atoms with Crippen molar-refractivity contribution in [2.75, 3.05) is 18.1 Å². The van der Waals surface area contributed by atoms with Crippen molar-refractivity contribution in [3.8, 4) is 0 Å². The number of carbonyl (C=O) groups is 3. The fraction of sp³-hybridized carbons (Fsp3) is 0.318. The van der Waals surface area contributed by atoms with Crippen LogP contribution in [0.15, 0.2) is 48.5 Å². The van der Waals surface area contributed by atoms with Crippen LogP contribution in [0.4, 0.5) is 5.69 Å². The molecular formula is C22H26N2O4. The molecule has 0 bridgehead atoms. The van der Waals surface area contributed by atoms with E-state index in [-0.39, 0.29) is 31.4 Å². The third kappa shape index (κ3) is 5.67. The second kappa shape index (κ2) is 10.3. The van der Waals surface area contributed by atoms with Gasteiger partial charge in [-0.15, -0.1) is 0 Å². The molecule has 0 aliphatic carbocycles. The minimum Gasteiger partial charge on any atom is -0.462 e. The SMILES string of the molecule is CCOC(=O)c1ccccc1N(CCC(=O)NCc1ccccc1C)C(C)=O. The van der Waals surface area contributed by atoms with Crippen LogP contribution >= 0.6 is 0 Å². The number of hydrogen-bond donors (Lipinski definition) is 1. The fourth-order valence-electron chi connectivity index (χ4n) is 2.84. The second-order valence-corrected chi connectivity index (χ2v) is 6.36. The van der Waals surface area contributed by atoms with Crippen molar-refractivity contribution in [3.05, 3.63) is 65.2 Å². The van der Waals surface area contributed by atoms with E-state index in [1.807, 2.05) is 31.2 Å². The number of hydrogen-bond acceptors (Lipinski definition) is 4. The molecule has 0 aliphatic rings. The number of esters is 1. The summed E-state index contributed by atoms with van der Waals surface area (Å²) in [7, 11) is 0. The van der Waals surface area contributed by atoms with E-state index in [4.69, 9.17) is 4.74 Å². The first-order valence-electron chi connectivity index (χ1n) is 9.29. The zero-order valence-corrected chi connectivity index (χ0v) is 16.5. The maximum absolute atomic E-state index is 12.3. The Morgan fingerprint density at radius 3 is 2.39 bits per heavy atom. The standard InChI is InChI=1S/C22H26N2O4/c1-4-28-22(27)19-11-7-8-12-20(19)24(17(3)25)14-13-21(26)23-15-18-10-6-5-9-16(18)2/h5-12H,4,13-15H2,1-3H3,(H,23,26). The van der Waals surface area contributed by atoms with Crippen LogP contribution in [-0.2, 0) is 20.9 Å². The third-order valence-electron chi connectivity index (χ3n) is 4.37. The summed E-state index contributed by atoms with van der Waals surface area (Å²) < 4.78 is 5.07. The number of rotatable bonds is 8. The Labute approximate surface area is 165 Å². The topological polar surface area (TPSA) is 75.7 Å². The molecule has 0 atom stereocenters. The lowest BCUT2D eigenvalue weighted by atomic mass is 10.1. The fourth-order valence-corrected chi connectivity index (χ4v) is 2.84. The van der Waals surface area contributed by atoms with Gasteiger partial charge in [-0.05, 0) is 37.1 Å². The van der Waals surface area contributed by atoms with Gasteiger partial charge in [-0.3, -0.25) is 9.59 Å². The summed E-state index contributed by atoms with van der Waals surface area (Å²) >= 11 is 0. The van der Waals surface area contributed by atoms with E-state index >= 15 is 0 Å². The van der Waals surface area contributed by atoms with Crippen LogP contribution in [0.2, 0.25) is 0 Å². The number of carbonyl (C=O) groups excluding carboxylic acids is 3. The highest BCUT2D eigenvalue weighted by Gasteiger charge is 2.20. The number of amides is 2. The van der Waals surface area contributed by atoms with Gasteiger partial charge in [-0.1, -0.05) is 36.4 Å². The van der Waals surface area contributed by atoms with E-state index in [9.17, 15) is 14.4 Å². The maximum Gasteiger partial charge on any atom is 0.340 e. The van der Waals surface area contributed by atoms with Gasteiger partial charge in [-0.2, -0.15) is 0 Å². The minimum absolute atomic E-state index is 0.128. The predicted octanol–water partition coefficient (Wildman–Crippen LogP) is 3.23. The summed E-state index contributed by atoms with van der Waals surface area (Å²) in [5.41, 5.74) is 2.91. The number of benzene rings is 2. The molecule has 0 aliphatic heterocycles. The highest BCUT2D eigenvalue weighted by atomic mass is 16.5. The van der Waals surface area contributed by atoms with Gasteiger partial charge in [0, 0.05) is 26.4 Å². The Hall–Kier alpha value is -3.15. The van der Waals surface area contributed by atoms with Gasteiger partial charge < -0.3 is 15.0 Å². The van der Waals surface area contributed by atoms with Gasteiger partial charge in [0.05, 0.1) is 17.9 Å².